The van der Waals surface area contributed by atoms with Gasteiger partial charge in [-0.25, -0.2) is 0 Å². The van der Waals surface area contributed by atoms with E-state index in [1.165, 1.54) is 57.8 Å². The van der Waals surface area contributed by atoms with E-state index < -0.39 is 0 Å². The molecule has 7 heteroatoms. The normalized spacial score (nSPS) is 14.2. The molecule has 0 aliphatic carbocycles. The second-order valence-electron chi connectivity index (χ2n) is 10.6. The van der Waals surface area contributed by atoms with Crippen molar-refractivity contribution in [2.75, 3.05) is 13.2 Å². The molecule has 3 atom stereocenters. The third-order valence-corrected chi connectivity index (χ3v) is 9.13. The Balaban J connectivity index is 2.41. The molecule has 0 radical (unpaired) electrons. The fourth-order valence-electron chi connectivity index (χ4n) is 4.74. The van der Waals surface area contributed by atoms with Crippen molar-refractivity contribution in [3.05, 3.63) is 8.95 Å². The number of nitrogens with zero attached hydrogens (tertiary/aromatic N) is 3. The standard InChI is InChI=1S/C30H51Br2N3O2/c1-7-13-16-22(10-4)19-35-33-27-25(31)29(36-20-23(11-5)17-14-8-2)30(26(32)28(27)34-35)37-21-24(12-6)18-15-9-3/h22-24H,7-21H2,1-6H3. The van der Waals surface area contributed by atoms with Crippen LogP contribution in [0, 0.1) is 17.8 Å². The Morgan fingerprint density at radius 3 is 1.35 bits per heavy atom. The maximum atomic E-state index is 6.54. The van der Waals surface area contributed by atoms with Gasteiger partial charge in [0.25, 0.3) is 0 Å². The lowest BCUT2D eigenvalue weighted by Crippen LogP contribution is -2.15. The van der Waals surface area contributed by atoms with Crippen LogP contribution in [0.3, 0.4) is 0 Å². The van der Waals surface area contributed by atoms with Gasteiger partial charge >= 0.3 is 0 Å². The van der Waals surface area contributed by atoms with Gasteiger partial charge in [-0.3, -0.25) is 0 Å². The summed E-state index contributed by atoms with van der Waals surface area (Å²) in [6, 6.07) is 0. The fraction of sp³-hybridized carbons (Fsp3) is 0.800. The van der Waals surface area contributed by atoms with Crippen LogP contribution >= 0.6 is 31.9 Å². The monoisotopic (exact) mass is 643 g/mol. The van der Waals surface area contributed by atoms with E-state index in [4.69, 9.17) is 19.7 Å². The molecule has 37 heavy (non-hydrogen) atoms. The topological polar surface area (TPSA) is 49.2 Å². The largest absolute Gasteiger partial charge is 0.488 e. The van der Waals surface area contributed by atoms with Gasteiger partial charge in [0, 0.05) is 0 Å². The van der Waals surface area contributed by atoms with Crippen molar-refractivity contribution < 1.29 is 9.47 Å². The minimum absolute atomic E-state index is 0.529. The molecule has 3 unspecified atom stereocenters. The third-order valence-electron chi connectivity index (χ3n) is 7.65. The number of aromatic nitrogens is 3. The summed E-state index contributed by atoms with van der Waals surface area (Å²) >= 11 is 7.71. The van der Waals surface area contributed by atoms with Gasteiger partial charge in [0.05, 0.1) is 28.7 Å². The summed E-state index contributed by atoms with van der Waals surface area (Å²) in [6.07, 6.45) is 14.3. The number of rotatable bonds is 20. The van der Waals surface area contributed by atoms with E-state index >= 15 is 0 Å². The van der Waals surface area contributed by atoms with Crippen LogP contribution in [0.2, 0.25) is 0 Å². The van der Waals surface area contributed by atoms with Crippen LogP contribution < -0.4 is 9.47 Å². The molecule has 1 aromatic heterocycles. The van der Waals surface area contributed by atoms with Gasteiger partial charge in [0.15, 0.2) is 11.5 Å². The molecule has 212 valence electrons. The summed E-state index contributed by atoms with van der Waals surface area (Å²) in [5, 5.41) is 9.83. The van der Waals surface area contributed by atoms with Crippen LogP contribution in [-0.4, -0.2) is 28.2 Å². The summed E-state index contributed by atoms with van der Waals surface area (Å²) < 4.78 is 14.8. The molecule has 0 aliphatic heterocycles. The third kappa shape index (κ3) is 9.70. The van der Waals surface area contributed by atoms with Crippen molar-refractivity contribution in [2.24, 2.45) is 17.8 Å². The maximum Gasteiger partial charge on any atom is 0.178 e. The van der Waals surface area contributed by atoms with E-state index in [1.807, 2.05) is 4.80 Å². The number of hydrogen-bond donors (Lipinski definition) is 0. The number of benzene rings is 1. The van der Waals surface area contributed by atoms with Gasteiger partial charge in [0.1, 0.15) is 11.0 Å². The van der Waals surface area contributed by atoms with Crippen LogP contribution in [0.4, 0.5) is 0 Å². The van der Waals surface area contributed by atoms with Gasteiger partial charge < -0.3 is 9.47 Å². The quantitative estimate of drug-likeness (QED) is 0.144. The highest BCUT2D eigenvalue weighted by atomic mass is 79.9. The summed E-state index contributed by atoms with van der Waals surface area (Å²) in [6.45, 7) is 15.7. The predicted molar refractivity (Wildman–Crippen MR) is 164 cm³/mol. The second-order valence-corrected chi connectivity index (χ2v) is 12.2. The number of hydrogen-bond acceptors (Lipinski definition) is 4. The van der Waals surface area contributed by atoms with Crippen molar-refractivity contribution in [1.82, 2.24) is 15.0 Å². The molecule has 0 saturated heterocycles. The molecule has 5 nitrogen and oxygen atoms in total. The number of halogens is 2. The highest BCUT2D eigenvalue weighted by Crippen LogP contribution is 2.47. The number of fused-ring (bicyclic) bond motifs is 1. The van der Waals surface area contributed by atoms with Gasteiger partial charge in [0.2, 0.25) is 0 Å². The van der Waals surface area contributed by atoms with Crippen LogP contribution in [0.25, 0.3) is 11.0 Å². The lowest BCUT2D eigenvalue weighted by atomic mass is 10.00. The maximum absolute atomic E-state index is 6.54. The van der Waals surface area contributed by atoms with Crippen molar-refractivity contribution in [2.45, 2.75) is 125 Å². The first-order valence-electron chi connectivity index (χ1n) is 14.9. The molecule has 0 aliphatic rings. The fourth-order valence-corrected chi connectivity index (χ4v) is 5.87. The molecule has 0 fully saturated rings. The van der Waals surface area contributed by atoms with Crippen molar-refractivity contribution in [3.8, 4) is 11.5 Å². The second kappa shape index (κ2) is 17.7. The van der Waals surface area contributed by atoms with Crippen LogP contribution in [0.5, 0.6) is 11.5 Å². The van der Waals surface area contributed by atoms with E-state index in [9.17, 15) is 0 Å². The minimum atomic E-state index is 0.529. The zero-order chi connectivity index (χ0) is 27.2. The molecule has 0 N–H and O–H groups in total. The van der Waals surface area contributed by atoms with Crippen molar-refractivity contribution in [3.63, 3.8) is 0 Å². The lowest BCUT2D eigenvalue weighted by molar-refractivity contribution is 0.198. The molecule has 0 bridgehead atoms. The Hall–Kier alpha value is -0.820. The van der Waals surface area contributed by atoms with E-state index in [-0.39, 0.29) is 0 Å². The summed E-state index contributed by atoms with van der Waals surface area (Å²) in [4.78, 5) is 1.88. The molecule has 2 rings (SSSR count). The zero-order valence-corrected chi connectivity index (χ0v) is 27.4. The van der Waals surface area contributed by atoms with E-state index in [2.05, 4.69) is 73.4 Å². The van der Waals surface area contributed by atoms with Gasteiger partial charge in [-0.2, -0.15) is 15.0 Å². The van der Waals surface area contributed by atoms with Crippen LogP contribution in [-0.2, 0) is 6.54 Å². The summed E-state index contributed by atoms with van der Waals surface area (Å²) in [5.74, 6) is 3.15. The Morgan fingerprint density at radius 2 is 1.00 bits per heavy atom. The van der Waals surface area contributed by atoms with Crippen LogP contribution in [0.1, 0.15) is 119 Å². The Labute approximate surface area is 243 Å². The molecule has 0 spiro atoms. The molecule has 0 saturated carbocycles. The summed E-state index contributed by atoms with van der Waals surface area (Å²) in [5.41, 5.74) is 1.67. The Kier molecular flexibility index (Phi) is 15.5. The van der Waals surface area contributed by atoms with E-state index in [0.29, 0.717) is 31.0 Å². The number of ether oxygens (including phenoxy) is 2. The molecular formula is C30H51Br2N3O2. The smallest absolute Gasteiger partial charge is 0.178 e. The molecule has 1 heterocycles. The molecule has 1 aromatic carbocycles. The van der Waals surface area contributed by atoms with E-state index in [1.54, 1.807) is 0 Å². The van der Waals surface area contributed by atoms with E-state index in [0.717, 1.165) is 57.3 Å². The highest BCUT2D eigenvalue weighted by molar-refractivity contribution is 9.11. The van der Waals surface area contributed by atoms with Gasteiger partial charge in [-0.1, -0.05) is 99.3 Å². The zero-order valence-electron chi connectivity index (χ0n) is 24.3. The van der Waals surface area contributed by atoms with Gasteiger partial charge in [-0.15, -0.1) is 0 Å². The van der Waals surface area contributed by atoms with Crippen LogP contribution in [0.15, 0.2) is 8.95 Å². The summed E-state index contributed by atoms with van der Waals surface area (Å²) in [7, 11) is 0. The average molecular weight is 646 g/mol. The minimum Gasteiger partial charge on any atom is -0.488 e. The molecular weight excluding hydrogens is 594 g/mol. The first-order chi connectivity index (χ1) is 17.9. The van der Waals surface area contributed by atoms with Gasteiger partial charge in [-0.05, 0) is 68.9 Å². The predicted octanol–water partition coefficient (Wildman–Crippen LogP) is 10.4. The average Bonchev–Trinajstić information content (AvgIpc) is 3.34. The Bertz CT molecular complexity index is 855. The first-order valence-corrected chi connectivity index (χ1v) is 16.5. The number of unbranched alkanes of at least 4 members (excludes halogenated alkanes) is 3. The van der Waals surface area contributed by atoms with Crippen molar-refractivity contribution in [1.29, 1.82) is 0 Å². The lowest BCUT2D eigenvalue weighted by Gasteiger charge is -2.21. The first kappa shape index (κ1) is 32.4. The SMILES string of the molecule is CCCCC(CC)COc1c(OCC(CC)CCCC)c(Br)c2nn(CC(CC)CCCC)nc2c1Br. The van der Waals surface area contributed by atoms with Crippen molar-refractivity contribution >= 4 is 42.9 Å². The molecule has 2 aromatic rings. The molecule has 0 amide bonds. The Morgan fingerprint density at radius 1 is 0.622 bits per heavy atom. The highest BCUT2D eigenvalue weighted by Gasteiger charge is 2.25.